The molecule has 2 aliphatic rings. The number of hydrogen-bond acceptors (Lipinski definition) is 9. The normalized spacial score (nSPS) is 16.3. The monoisotopic (exact) mass is 662 g/mol. The Balaban J connectivity index is 1.19. The summed E-state index contributed by atoms with van der Waals surface area (Å²) in [6.07, 6.45) is 3.78. The average molecular weight is 663 g/mol. The van der Waals surface area contributed by atoms with E-state index in [9.17, 15) is 23.1 Å². The number of hydrogen-bond donors (Lipinski definition) is 3. The molecule has 6 rings (SSSR count). The van der Waals surface area contributed by atoms with Crippen molar-refractivity contribution >= 4 is 44.7 Å². The van der Waals surface area contributed by atoms with Gasteiger partial charge in [0.25, 0.3) is 0 Å². The van der Waals surface area contributed by atoms with Crippen molar-refractivity contribution in [1.82, 2.24) is 23.8 Å². The maximum absolute atomic E-state index is 12.7. The zero-order valence-electron chi connectivity index (χ0n) is 26.3. The van der Waals surface area contributed by atoms with Crippen LogP contribution in [0, 0.1) is 0 Å². The molecule has 2 aliphatic heterocycles. The van der Waals surface area contributed by atoms with Crippen molar-refractivity contribution in [1.29, 1.82) is 0 Å². The molecule has 0 unspecified atom stereocenters. The second-order valence-electron chi connectivity index (χ2n) is 11.7. The Morgan fingerprint density at radius 1 is 0.936 bits per heavy atom. The van der Waals surface area contributed by atoms with Gasteiger partial charge in [0.05, 0.1) is 25.0 Å². The van der Waals surface area contributed by atoms with Gasteiger partial charge >= 0.3 is 12.0 Å². The number of aromatic carboxylic acids is 1. The molecule has 2 aromatic carbocycles. The van der Waals surface area contributed by atoms with Crippen molar-refractivity contribution in [3.63, 3.8) is 0 Å². The molecule has 4 aromatic rings. The van der Waals surface area contributed by atoms with Gasteiger partial charge in [0.1, 0.15) is 5.52 Å². The highest BCUT2D eigenvalue weighted by Crippen LogP contribution is 2.27. The van der Waals surface area contributed by atoms with Gasteiger partial charge < -0.3 is 25.4 Å². The lowest BCUT2D eigenvalue weighted by molar-refractivity contribution is 0.0695. The van der Waals surface area contributed by atoms with Crippen molar-refractivity contribution < 1.29 is 27.9 Å². The number of fused-ring (bicyclic) bond motifs is 1. The van der Waals surface area contributed by atoms with Gasteiger partial charge in [-0.2, -0.15) is 4.31 Å². The summed E-state index contributed by atoms with van der Waals surface area (Å²) in [7, 11) is -3.19. The number of carbonyl (C=O) groups excluding carboxylic acids is 1. The topological polar surface area (TPSA) is 162 Å². The smallest absolute Gasteiger partial charge is 0.335 e. The fraction of sp³-hybridized carbons (Fsp3) is 0.375. The van der Waals surface area contributed by atoms with Crippen LogP contribution in [0.3, 0.4) is 0 Å². The number of nitrogens with zero attached hydrogens (tertiary/aromatic N) is 6. The molecule has 0 bridgehead atoms. The minimum Gasteiger partial charge on any atom is -0.478 e. The van der Waals surface area contributed by atoms with Gasteiger partial charge in [-0.05, 0) is 66.1 Å². The predicted molar refractivity (Wildman–Crippen MR) is 179 cm³/mol. The summed E-state index contributed by atoms with van der Waals surface area (Å²) in [6, 6.07) is 13.6. The Hall–Kier alpha value is -4.57. The Bertz CT molecular complexity index is 1880. The summed E-state index contributed by atoms with van der Waals surface area (Å²) in [5.74, 6) is 0.343. The fourth-order valence-electron chi connectivity index (χ4n) is 5.90. The second kappa shape index (κ2) is 13.7. The van der Waals surface area contributed by atoms with Gasteiger partial charge in [-0.1, -0.05) is 6.92 Å². The Kier molecular flexibility index (Phi) is 9.40. The number of ether oxygens (including phenoxy) is 1. The minimum atomic E-state index is -3.19. The van der Waals surface area contributed by atoms with E-state index in [2.05, 4.69) is 26.5 Å². The van der Waals surface area contributed by atoms with Crippen molar-refractivity contribution in [2.24, 2.45) is 0 Å². The standard InChI is InChI=1S/C32H38N8O6S/c1-3-23-19-26(8-9-27(23)31(41)42)34-32(43)33-25-6-4-24(5-7-25)29-35-30(38-14-16-46-17-15-38)28-18-22(21-40(28)36-29)20-37-10-12-39(13-11-37)47(2,44)45/h4-9,18-19,21H,3,10-17,20H2,1-2H3,(H,41,42)(H2,33,34,43). The van der Waals surface area contributed by atoms with E-state index in [4.69, 9.17) is 14.8 Å². The van der Waals surface area contributed by atoms with Crippen molar-refractivity contribution in [2.75, 3.05) is 74.3 Å². The van der Waals surface area contributed by atoms with Crippen LogP contribution in [0.25, 0.3) is 16.9 Å². The van der Waals surface area contributed by atoms with E-state index in [-0.39, 0.29) is 5.56 Å². The molecule has 2 aromatic heterocycles. The van der Waals surface area contributed by atoms with E-state index in [0.29, 0.717) is 88.2 Å². The summed E-state index contributed by atoms with van der Waals surface area (Å²) >= 11 is 0. The number of amides is 2. The van der Waals surface area contributed by atoms with Crippen LogP contribution in [0.5, 0.6) is 0 Å². The van der Waals surface area contributed by atoms with E-state index in [1.54, 1.807) is 24.3 Å². The van der Waals surface area contributed by atoms with E-state index in [1.165, 1.54) is 16.6 Å². The molecule has 0 aliphatic carbocycles. The molecule has 14 nitrogen and oxygen atoms in total. The van der Waals surface area contributed by atoms with E-state index < -0.39 is 22.0 Å². The fourth-order valence-corrected chi connectivity index (χ4v) is 6.73. The van der Waals surface area contributed by atoms with E-state index in [1.807, 2.05) is 29.8 Å². The Labute approximate surface area is 273 Å². The number of morpholine rings is 1. The first-order valence-corrected chi connectivity index (χ1v) is 17.4. The molecule has 0 atom stereocenters. The average Bonchev–Trinajstić information content (AvgIpc) is 3.47. The highest BCUT2D eigenvalue weighted by molar-refractivity contribution is 7.88. The van der Waals surface area contributed by atoms with E-state index in [0.717, 1.165) is 22.5 Å². The maximum atomic E-state index is 12.7. The highest BCUT2D eigenvalue weighted by atomic mass is 32.2. The number of anilines is 3. The molecule has 47 heavy (non-hydrogen) atoms. The first kappa shape index (κ1) is 32.4. The number of rotatable bonds is 9. The SMILES string of the molecule is CCc1cc(NC(=O)Nc2ccc(-c3nc(N4CCOCC4)c4cc(CN5CCN(S(C)(=O)=O)CC5)cn4n3)cc2)ccc1C(=O)O. The molecule has 2 saturated heterocycles. The van der Waals surface area contributed by atoms with Crippen molar-refractivity contribution in [2.45, 2.75) is 19.9 Å². The number of urea groups is 1. The molecular formula is C32H38N8O6S. The van der Waals surface area contributed by atoms with Crippen LogP contribution in [0.1, 0.15) is 28.4 Å². The molecule has 3 N–H and O–H groups in total. The van der Waals surface area contributed by atoms with Crippen LogP contribution in [-0.2, 0) is 27.7 Å². The third kappa shape index (κ3) is 7.54. The predicted octanol–water partition coefficient (Wildman–Crippen LogP) is 3.21. The molecule has 0 saturated carbocycles. The largest absolute Gasteiger partial charge is 0.478 e. The number of carboxylic acid groups (broad SMARTS) is 1. The Morgan fingerprint density at radius 2 is 1.62 bits per heavy atom. The van der Waals surface area contributed by atoms with Gasteiger partial charge in [-0.3, -0.25) is 4.90 Å². The van der Waals surface area contributed by atoms with Gasteiger partial charge in [-0.15, -0.1) is 5.10 Å². The lowest BCUT2D eigenvalue weighted by atomic mass is 10.0. The van der Waals surface area contributed by atoms with Gasteiger partial charge in [-0.25, -0.2) is 27.5 Å². The number of sulfonamides is 1. The second-order valence-corrected chi connectivity index (χ2v) is 13.6. The van der Waals surface area contributed by atoms with Crippen LogP contribution in [0.15, 0.2) is 54.7 Å². The molecule has 0 spiro atoms. The third-order valence-electron chi connectivity index (χ3n) is 8.39. The van der Waals surface area contributed by atoms with Crippen LogP contribution < -0.4 is 15.5 Å². The maximum Gasteiger partial charge on any atom is 0.335 e. The molecule has 248 valence electrons. The number of benzene rings is 2. The van der Waals surface area contributed by atoms with Gasteiger partial charge in [0.2, 0.25) is 10.0 Å². The summed E-state index contributed by atoms with van der Waals surface area (Å²) in [5, 5.41) is 19.8. The number of carboxylic acids is 1. The lowest BCUT2D eigenvalue weighted by Crippen LogP contribution is -2.47. The van der Waals surface area contributed by atoms with Gasteiger partial charge in [0.15, 0.2) is 11.6 Å². The number of aryl methyl sites for hydroxylation is 1. The molecule has 4 heterocycles. The first-order valence-electron chi connectivity index (χ1n) is 15.5. The Morgan fingerprint density at radius 3 is 2.28 bits per heavy atom. The summed E-state index contributed by atoms with van der Waals surface area (Å²) in [6.45, 7) is 7.41. The van der Waals surface area contributed by atoms with Crippen molar-refractivity contribution in [3.05, 3.63) is 71.4 Å². The summed E-state index contributed by atoms with van der Waals surface area (Å²) in [4.78, 5) is 33.6. The summed E-state index contributed by atoms with van der Waals surface area (Å²) in [5.41, 5.74) is 4.64. The zero-order valence-corrected chi connectivity index (χ0v) is 27.2. The highest BCUT2D eigenvalue weighted by Gasteiger charge is 2.25. The number of nitrogens with one attached hydrogen (secondary N) is 2. The first-order chi connectivity index (χ1) is 22.6. The molecular weight excluding hydrogens is 624 g/mol. The minimum absolute atomic E-state index is 0.215. The quantitative estimate of drug-likeness (QED) is 0.243. The van der Waals surface area contributed by atoms with Gasteiger partial charge in [0, 0.05) is 68.9 Å². The van der Waals surface area contributed by atoms with Crippen LogP contribution in [0.4, 0.5) is 22.0 Å². The molecule has 0 radical (unpaired) electrons. The third-order valence-corrected chi connectivity index (χ3v) is 9.70. The van der Waals surface area contributed by atoms with Crippen LogP contribution >= 0.6 is 0 Å². The molecule has 2 amide bonds. The number of aromatic nitrogens is 3. The van der Waals surface area contributed by atoms with Crippen molar-refractivity contribution in [3.8, 4) is 11.4 Å². The molecule has 2 fully saturated rings. The number of piperazine rings is 1. The summed E-state index contributed by atoms with van der Waals surface area (Å²) < 4.78 is 32.8. The van der Waals surface area contributed by atoms with E-state index >= 15 is 0 Å². The number of carbonyl (C=O) groups is 2. The van der Waals surface area contributed by atoms with Crippen LogP contribution in [-0.4, -0.2) is 108 Å². The van der Waals surface area contributed by atoms with Crippen LogP contribution in [0.2, 0.25) is 0 Å². The molecule has 15 heteroatoms. The lowest BCUT2D eigenvalue weighted by Gasteiger charge is -2.32. The zero-order chi connectivity index (χ0) is 33.1.